The van der Waals surface area contributed by atoms with Crippen LogP contribution in [-0.2, 0) is 0 Å². The van der Waals surface area contributed by atoms with E-state index in [-0.39, 0.29) is 5.75 Å². The lowest BCUT2D eigenvalue weighted by Gasteiger charge is -2.11. The molecule has 0 saturated heterocycles. The molecule has 1 N–H and O–H groups in total. The number of fused-ring (bicyclic) bond motifs is 1. The maximum atomic E-state index is 10.8. The summed E-state index contributed by atoms with van der Waals surface area (Å²) >= 11 is 0. The minimum atomic E-state index is 0.0556. The molecule has 28 heavy (non-hydrogen) atoms. The van der Waals surface area contributed by atoms with Gasteiger partial charge in [-0.25, -0.2) is 4.99 Å². The van der Waals surface area contributed by atoms with Crippen molar-refractivity contribution in [2.45, 2.75) is 0 Å². The summed E-state index contributed by atoms with van der Waals surface area (Å²) in [5.74, 6) is 1.54. The van der Waals surface area contributed by atoms with E-state index >= 15 is 0 Å². The zero-order valence-electron chi connectivity index (χ0n) is 15.5. The van der Waals surface area contributed by atoms with E-state index in [1.54, 1.807) is 20.3 Å². The zero-order valence-corrected chi connectivity index (χ0v) is 15.5. The number of methoxy groups -OCH3 is 2. The van der Waals surface area contributed by atoms with E-state index in [1.165, 1.54) is 0 Å². The van der Waals surface area contributed by atoms with E-state index < -0.39 is 0 Å². The summed E-state index contributed by atoms with van der Waals surface area (Å²) in [5, 5.41) is 11.4. The number of rotatable bonds is 5. The first-order valence-electron chi connectivity index (χ1n) is 8.78. The van der Waals surface area contributed by atoms with Gasteiger partial charge in [0.15, 0.2) is 23.0 Å². The lowest BCUT2D eigenvalue weighted by molar-refractivity contribution is 0.355. The minimum Gasteiger partial charge on any atom is -0.504 e. The van der Waals surface area contributed by atoms with Crippen LogP contribution in [0.4, 0.5) is 5.69 Å². The molecule has 0 radical (unpaired) electrons. The lowest BCUT2D eigenvalue weighted by Crippen LogP contribution is -2.03. The number of para-hydroxylation sites is 2. The second kappa shape index (κ2) is 7.48. The van der Waals surface area contributed by atoms with Gasteiger partial charge in [-0.3, -0.25) is 0 Å². The van der Waals surface area contributed by atoms with Crippen molar-refractivity contribution in [3.05, 3.63) is 84.1 Å². The Bertz CT molecular complexity index is 1150. The molecule has 3 aromatic carbocycles. The number of aliphatic imine (C=N–C) groups is 1. The van der Waals surface area contributed by atoms with Gasteiger partial charge >= 0.3 is 0 Å². The summed E-state index contributed by atoms with van der Waals surface area (Å²) in [7, 11) is 3.16. The molecule has 0 unspecified atom stereocenters. The largest absolute Gasteiger partial charge is 0.504 e. The molecule has 0 aliphatic carbocycles. The highest BCUT2D eigenvalue weighted by Gasteiger charge is 2.21. The van der Waals surface area contributed by atoms with Crippen molar-refractivity contribution in [1.29, 1.82) is 0 Å². The summed E-state index contributed by atoms with van der Waals surface area (Å²) in [6, 6.07) is 22.3. The highest BCUT2D eigenvalue weighted by atomic mass is 16.5. The molecule has 0 amide bonds. The van der Waals surface area contributed by atoms with E-state index in [0.29, 0.717) is 33.9 Å². The first kappa shape index (κ1) is 17.7. The molecule has 0 atom stereocenters. The Morgan fingerprint density at radius 3 is 2.29 bits per heavy atom. The SMILES string of the molecule is COc1ccc(C(=Nc2ccccc2)c2oc3ccccc3c2O)cc1OC. The number of benzene rings is 3. The molecule has 0 spiro atoms. The predicted octanol–water partition coefficient (Wildman–Crippen LogP) is 5.32. The van der Waals surface area contributed by atoms with E-state index in [2.05, 4.69) is 0 Å². The minimum absolute atomic E-state index is 0.0556. The fraction of sp³-hybridized carbons (Fsp3) is 0.0870. The molecule has 5 heteroatoms. The smallest absolute Gasteiger partial charge is 0.196 e. The van der Waals surface area contributed by atoms with Gasteiger partial charge in [-0.2, -0.15) is 0 Å². The topological polar surface area (TPSA) is 64.2 Å². The van der Waals surface area contributed by atoms with Crippen molar-refractivity contribution in [3.63, 3.8) is 0 Å². The van der Waals surface area contributed by atoms with Crippen molar-refractivity contribution in [2.24, 2.45) is 4.99 Å². The van der Waals surface area contributed by atoms with E-state index in [4.69, 9.17) is 18.9 Å². The lowest BCUT2D eigenvalue weighted by atomic mass is 10.1. The van der Waals surface area contributed by atoms with Gasteiger partial charge in [0, 0.05) is 5.56 Å². The average molecular weight is 373 g/mol. The fourth-order valence-corrected chi connectivity index (χ4v) is 3.05. The third-order valence-electron chi connectivity index (χ3n) is 4.44. The van der Waals surface area contributed by atoms with E-state index in [9.17, 15) is 5.11 Å². The van der Waals surface area contributed by atoms with Gasteiger partial charge in [0.05, 0.1) is 25.3 Å². The van der Waals surface area contributed by atoms with Crippen LogP contribution in [0.1, 0.15) is 11.3 Å². The van der Waals surface area contributed by atoms with Gasteiger partial charge in [0.1, 0.15) is 11.3 Å². The van der Waals surface area contributed by atoms with Gasteiger partial charge in [-0.05, 0) is 42.5 Å². The molecule has 5 nitrogen and oxygen atoms in total. The molecule has 1 heterocycles. The predicted molar refractivity (Wildman–Crippen MR) is 109 cm³/mol. The summed E-state index contributed by atoms with van der Waals surface area (Å²) in [6.07, 6.45) is 0. The highest BCUT2D eigenvalue weighted by molar-refractivity contribution is 6.16. The summed E-state index contributed by atoms with van der Waals surface area (Å²) < 4.78 is 16.7. The number of hydrogen-bond acceptors (Lipinski definition) is 5. The molecule has 0 aliphatic rings. The monoisotopic (exact) mass is 373 g/mol. The Labute approximate surface area is 162 Å². The zero-order chi connectivity index (χ0) is 19.5. The first-order chi connectivity index (χ1) is 13.7. The Balaban J connectivity index is 1.95. The summed E-state index contributed by atoms with van der Waals surface area (Å²) in [4.78, 5) is 4.75. The van der Waals surface area contributed by atoms with Crippen molar-refractivity contribution in [2.75, 3.05) is 14.2 Å². The number of aromatic hydroxyl groups is 1. The highest BCUT2D eigenvalue weighted by Crippen LogP contribution is 2.36. The van der Waals surface area contributed by atoms with Gasteiger partial charge in [-0.1, -0.05) is 30.3 Å². The molecule has 0 fully saturated rings. The van der Waals surface area contributed by atoms with Gasteiger partial charge < -0.3 is 19.0 Å². The molecule has 0 saturated carbocycles. The number of nitrogens with zero attached hydrogens (tertiary/aromatic N) is 1. The van der Waals surface area contributed by atoms with Crippen LogP contribution in [0.25, 0.3) is 11.0 Å². The number of ether oxygens (including phenoxy) is 2. The summed E-state index contributed by atoms with van der Waals surface area (Å²) in [5.41, 5.74) is 2.57. The second-order valence-electron chi connectivity index (χ2n) is 6.14. The van der Waals surface area contributed by atoms with E-state index in [1.807, 2.05) is 66.7 Å². The number of hydrogen-bond donors (Lipinski definition) is 1. The third-order valence-corrected chi connectivity index (χ3v) is 4.44. The maximum Gasteiger partial charge on any atom is 0.196 e. The Morgan fingerprint density at radius 2 is 1.57 bits per heavy atom. The van der Waals surface area contributed by atoms with Gasteiger partial charge in [0.2, 0.25) is 0 Å². The van der Waals surface area contributed by atoms with E-state index in [0.717, 1.165) is 11.3 Å². The maximum absolute atomic E-state index is 10.8. The second-order valence-corrected chi connectivity index (χ2v) is 6.14. The van der Waals surface area contributed by atoms with Crippen LogP contribution < -0.4 is 9.47 Å². The fourth-order valence-electron chi connectivity index (χ4n) is 3.05. The van der Waals surface area contributed by atoms with Crippen molar-refractivity contribution in [3.8, 4) is 17.2 Å². The molecule has 0 bridgehead atoms. The molecular formula is C23H19NO4. The molecule has 0 aliphatic heterocycles. The molecule has 4 rings (SSSR count). The van der Waals surface area contributed by atoms with Gasteiger partial charge in [0.25, 0.3) is 0 Å². The average Bonchev–Trinajstić information content (AvgIpc) is 3.09. The van der Waals surface area contributed by atoms with Crippen molar-refractivity contribution < 1.29 is 19.0 Å². The van der Waals surface area contributed by atoms with Crippen LogP contribution in [-0.4, -0.2) is 25.0 Å². The molecule has 1 aromatic heterocycles. The number of furan rings is 1. The van der Waals surface area contributed by atoms with Crippen LogP contribution in [0.2, 0.25) is 0 Å². The summed E-state index contributed by atoms with van der Waals surface area (Å²) in [6.45, 7) is 0. The van der Waals surface area contributed by atoms with Crippen LogP contribution >= 0.6 is 0 Å². The Kier molecular flexibility index (Phi) is 4.72. The normalized spacial score (nSPS) is 11.6. The van der Waals surface area contributed by atoms with Crippen molar-refractivity contribution >= 4 is 22.4 Å². The molecular weight excluding hydrogens is 354 g/mol. The first-order valence-corrected chi connectivity index (χ1v) is 8.78. The Morgan fingerprint density at radius 1 is 0.857 bits per heavy atom. The van der Waals surface area contributed by atoms with Crippen LogP contribution in [0.15, 0.2) is 82.2 Å². The van der Waals surface area contributed by atoms with Crippen LogP contribution in [0, 0.1) is 0 Å². The Hall–Kier alpha value is -3.73. The van der Waals surface area contributed by atoms with Crippen LogP contribution in [0.5, 0.6) is 17.2 Å². The van der Waals surface area contributed by atoms with Gasteiger partial charge in [-0.15, -0.1) is 0 Å². The van der Waals surface area contributed by atoms with Crippen molar-refractivity contribution in [1.82, 2.24) is 0 Å². The third kappa shape index (κ3) is 3.18. The van der Waals surface area contributed by atoms with Crippen LogP contribution in [0.3, 0.4) is 0 Å². The molecule has 140 valence electrons. The standard InChI is InChI=1S/C23H19NO4/c1-26-19-13-12-15(14-20(19)27-2)21(24-16-8-4-3-5-9-16)23-22(25)17-10-6-7-11-18(17)28-23/h3-14,25H,1-2H3. The molecule has 4 aromatic rings. The quantitative estimate of drug-likeness (QED) is 0.481.